The van der Waals surface area contributed by atoms with Crippen LogP contribution in [0.1, 0.15) is 6.92 Å². The normalized spacial score (nSPS) is 15.8. The van der Waals surface area contributed by atoms with Crippen LogP contribution in [0, 0.1) is 0 Å². The van der Waals surface area contributed by atoms with Crippen molar-refractivity contribution in [1.82, 2.24) is 14.9 Å². The summed E-state index contributed by atoms with van der Waals surface area (Å²) in [5, 5.41) is 0. The van der Waals surface area contributed by atoms with E-state index in [1.165, 1.54) is 6.33 Å². The molecule has 1 aromatic heterocycles. The minimum atomic E-state index is 0.411. The molecule has 1 fully saturated rings. The molecule has 0 spiro atoms. The highest BCUT2D eigenvalue weighted by Crippen LogP contribution is 2.31. The summed E-state index contributed by atoms with van der Waals surface area (Å²) in [5.41, 5.74) is 6.72. The molecule has 1 aromatic carbocycles. The average Bonchev–Trinajstić information content (AvgIpc) is 2.58. The number of hydrogen-bond acceptors (Lipinski definition) is 6. The van der Waals surface area contributed by atoms with Crippen molar-refractivity contribution in [3.63, 3.8) is 0 Å². The van der Waals surface area contributed by atoms with Crippen molar-refractivity contribution in [3.8, 4) is 11.6 Å². The van der Waals surface area contributed by atoms with E-state index in [4.69, 9.17) is 10.5 Å². The standard InChI is InChI=1S/C16H21N5O/c1-2-20-8-10-21(11-9-20)15-14(17)16(19-12-18-15)22-13-6-4-3-5-7-13/h3-7,12H,2,8-11,17H2,1H3. The molecular formula is C16H21N5O. The molecule has 0 radical (unpaired) electrons. The SMILES string of the molecule is CCN1CCN(c2ncnc(Oc3ccccc3)c2N)CC1. The van der Waals surface area contributed by atoms with Crippen molar-refractivity contribution in [3.05, 3.63) is 36.7 Å². The number of rotatable bonds is 4. The van der Waals surface area contributed by atoms with Gasteiger partial charge in [-0.15, -0.1) is 0 Å². The summed E-state index contributed by atoms with van der Waals surface area (Å²) in [5.74, 6) is 1.89. The minimum Gasteiger partial charge on any atom is -0.437 e. The summed E-state index contributed by atoms with van der Waals surface area (Å²) in [6.45, 7) is 7.14. The lowest BCUT2D eigenvalue weighted by Gasteiger charge is -2.35. The summed E-state index contributed by atoms with van der Waals surface area (Å²) in [6, 6.07) is 9.52. The van der Waals surface area contributed by atoms with Gasteiger partial charge in [0.1, 0.15) is 17.8 Å². The van der Waals surface area contributed by atoms with Crippen LogP contribution in [0.15, 0.2) is 36.7 Å². The van der Waals surface area contributed by atoms with E-state index in [0.29, 0.717) is 11.6 Å². The number of benzene rings is 1. The Bertz CT molecular complexity index is 611. The van der Waals surface area contributed by atoms with Crippen molar-refractivity contribution < 1.29 is 4.74 Å². The summed E-state index contributed by atoms with van der Waals surface area (Å²) >= 11 is 0. The predicted molar refractivity (Wildman–Crippen MR) is 87.3 cm³/mol. The highest BCUT2D eigenvalue weighted by atomic mass is 16.5. The van der Waals surface area contributed by atoms with Gasteiger partial charge in [0, 0.05) is 26.2 Å². The van der Waals surface area contributed by atoms with Crippen LogP contribution >= 0.6 is 0 Å². The fourth-order valence-corrected chi connectivity index (χ4v) is 2.58. The van der Waals surface area contributed by atoms with E-state index in [0.717, 1.165) is 44.3 Å². The molecule has 0 amide bonds. The fraction of sp³-hybridized carbons (Fsp3) is 0.375. The second-order valence-corrected chi connectivity index (χ2v) is 5.25. The van der Waals surface area contributed by atoms with Crippen molar-refractivity contribution in [1.29, 1.82) is 0 Å². The molecule has 2 aromatic rings. The van der Waals surface area contributed by atoms with Gasteiger partial charge in [0.15, 0.2) is 5.82 Å². The zero-order chi connectivity index (χ0) is 15.4. The maximum absolute atomic E-state index is 6.22. The summed E-state index contributed by atoms with van der Waals surface area (Å²) in [7, 11) is 0. The van der Waals surface area contributed by atoms with Crippen LogP contribution < -0.4 is 15.4 Å². The van der Waals surface area contributed by atoms with Gasteiger partial charge in [0.2, 0.25) is 5.88 Å². The van der Waals surface area contributed by atoms with Crippen LogP contribution in [0.25, 0.3) is 0 Å². The zero-order valence-corrected chi connectivity index (χ0v) is 12.8. The van der Waals surface area contributed by atoms with Crippen LogP contribution in [0.3, 0.4) is 0 Å². The Kier molecular flexibility index (Phi) is 4.39. The third-order valence-corrected chi connectivity index (χ3v) is 3.90. The molecule has 1 aliphatic rings. The molecule has 1 aliphatic heterocycles. The Morgan fingerprint density at radius 3 is 2.50 bits per heavy atom. The molecule has 2 N–H and O–H groups in total. The molecular weight excluding hydrogens is 278 g/mol. The van der Waals surface area contributed by atoms with Crippen LogP contribution in [-0.4, -0.2) is 47.6 Å². The van der Waals surface area contributed by atoms with Crippen molar-refractivity contribution >= 4 is 11.5 Å². The fourth-order valence-electron chi connectivity index (χ4n) is 2.58. The number of piperazine rings is 1. The van der Waals surface area contributed by atoms with Gasteiger partial charge in [-0.3, -0.25) is 0 Å². The lowest BCUT2D eigenvalue weighted by atomic mass is 10.3. The Labute approximate surface area is 130 Å². The minimum absolute atomic E-state index is 0.411. The van der Waals surface area contributed by atoms with Gasteiger partial charge in [0.25, 0.3) is 0 Å². The Hall–Kier alpha value is -2.34. The number of ether oxygens (including phenoxy) is 1. The molecule has 116 valence electrons. The summed E-state index contributed by atoms with van der Waals surface area (Å²) in [6.07, 6.45) is 1.51. The third-order valence-electron chi connectivity index (χ3n) is 3.90. The molecule has 22 heavy (non-hydrogen) atoms. The van der Waals surface area contributed by atoms with Crippen molar-refractivity contribution in [2.24, 2.45) is 0 Å². The Morgan fingerprint density at radius 2 is 1.82 bits per heavy atom. The summed E-state index contributed by atoms with van der Waals surface area (Å²) < 4.78 is 5.77. The average molecular weight is 299 g/mol. The molecule has 0 atom stereocenters. The van der Waals surface area contributed by atoms with Gasteiger partial charge in [-0.05, 0) is 18.7 Å². The lowest BCUT2D eigenvalue weighted by molar-refractivity contribution is 0.270. The Balaban J connectivity index is 1.77. The van der Waals surface area contributed by atoms with Gasteiger partial charge in [0.05, 0.1) is 0 Å². The molecule has 1 saturated heterocycles. The van der Waals surface area contributed by atoms with E-state index in [-0.39, 0.29) is 0 Å². The maximum atomic E-state index is 6.22. The highest BCUT2D eigenvalue weighted by molar-refractivity contribution is 5.68. The maximum Gasteiger partial charge on any atom is 0.248 e. The highest BCUT2D eigenvalue weighted by Gasteiger charge is 2.21. The molecule has 0 bridgehead atoms. The van der Waals surface area contributed by atoms with E-state index in [1.807, 2.05) is 30.3 Å². The van der Waals surface area contributed by atoms with E-state index >= 15 is 0 Å². The number of likely N-dealkylation sites (N-methyl/N-ethyl adjacent to an activating group) is 1. The second-order valence-electron chi connectivity index (χ2n) is 5.25. The number of para-hydroxylation sites is 1. The molecule has 3 rings (SSSR count). The summed E-state index contributed by atoms with van der Waals surface area (Å²) in [4.78, 5) is 13.1. The van der Waals surface area contributed by atoms with E-state index in [9.17, 15) is 0 Å². The number of hydrogen-bond donors (Lipinski definition) is 1. The third kappa shape index (κ3) is 3.12. The van der Waals surface area contributed by atoms with Crippen LogP contribution in [0.5, 0.6) is 11.6 Å². The van der Waals surface area contributed by atoms with Crippen molar-refractivity contribution in [2.75, 3.05) is 43.4 Å². The second kappa shape index (κ2) is 6.62. The zero-order valence-electron chi connectivity index (χ0n) is 12.8. The quantitative estimate of drug-likeness (QED) is 0.931. The first-order chi connectivity index (χ1) is 10.8. The molecule has 2 heterocycles. The van der Waals surface area contributed by atoms with Crippen LogP contribution in [0.2, 0.25) is 0 Å². The number of nitrogens with two attached hydrogens (primary N) is 1. The molecule has 0 saturated carbocycles. The van der Waals surface area contributed by atoms with Gasteiger partial charge < -0.3 is 20.3 Å². The number of anilines is 2. The Morgan fingerprint density at radius 1 is 1.09 bits per heavy atom. The van der Waals surface area contributed by atoms with Gasteiger partial charge in [-0.1, -0.05) is 25.1 Å². The monoisotopic (exact) mass is 299 g/mol. The van der Waals surface area contributed by atoms with Crippen LogP contribution in [0.4, 0.5) is 11.5 Å². The molecule has 6 heteroatoms. The van der Waals surface area contributed by atoms with E-state index < -0.39 is 0 Å². The number of aromatic nitrogens is 2. The predicted octanol–water partition coefficient (Wildman–Crippen LogP) is 1.99. The molecule has 6 nitrogen and oxygen atoms in total. The topological polar surface area (TPSA) is 67.5 Å². The largest absolute Gasteiger partial charge is 0.437 e. The van der Waals surface area contributed by atoms with Crippen molar-refractivity contribution in [2.45, 2.75) is 6.92 Å². The number of nitrogens with zero attached hydrogens (tertiary/aromatic N) is 4. The first kappa shape index (κ1) is 14.6. The van der Waals surface area contributed by atoms with Gasteiger partial charge in [-0.2, -0.15) is 4.98 Å². The van der Waals surface area contributed by atoms with Gasteiger partial charge in [-0.25, -0.2) is 4.98 Å². The molecule has 0 aliphatic carbocycles. The van der Waals surface area contributed by atoms with E-state index in [1.54, 1.807) is 0 Å². The first-order valence-corrected chi connectivity index (χ1v) is 7.58. The smallest absolute Gasteiger partial charge is 0.248 e. The van der Waals surface area contributed by atoms with Gasteiger partial charge >= 0.3 is 0 Å². The molecule has 0 unspecified atom stereocenters. The first-order valence-electron chi connectivity index (χ1n) is 7.58. The lowest BCUT2D eigenvalue weighted by Crippen LogP contribution is -2.46. The number of nitrogen functional groups attached to an aromatic ring is 1. The van der Waals surface area contributed by atoms with Crippen LogP contribution in [-0.2, 0) is 0 Å². The van der Waals surface area contributed by atoms with E-state index in [2.05, 4.69) is 26.7 Å².